The highest BCUT2D eigenvalue weighted by Crippen LogP contribution is 2.28. The van der Waals surface area contributed by atoms with Crippen LogP contribution in [-0.2, 0) is 6.54 Å². The molecule has 9 nitrogen and oxygen atoms in total. The molecule has 29 heavy (non-hydrogen) atoms. The number of carboxylic acid groups (broad SMARTS) is 1. The lowest BCUT2D eigenvalue weighted by Crippen LogP contribution is -2.48. The van der Waals surface area contributed by atoms with Crippen molar-refractivity contribution in [1.29, 1.82) is 0 Å². The second-order valence-electron chi connectivity index (χ2n) is 8.99. The van der Waals surface area contributed by atoms with E-state index in [4.69, 9.17) is 0 Å². The van der Waals surface area contributed by atoms with Crippen LogP contribution in [0.2, 0.25) is 0 Å². The molecule has 0 unspecified atom stereocenters. The fourth-order valence-corrected chi connectivity index (χ4v) is 4.27. The van der Waals surface area contributed by atoms with Gasteiger partial charge >= 0.3 is 6.09 Å². The fraction of sp³-hybridized carbons (Fsp3) is 0.600. The number of hydrogen-bond acceptors (Lipinski definition) is 5. The third-order valence-corrected chi connectivity index (χ3v) is 5.95. The molecule has 1 amide bonds. The standard InChI is InChI=1S/C20H29N7O2/c1-20(2,3)27(19(28)29)11-13-4-6-15(7-5-13)21-8-14-9-22-18-17(14)26-12-24-25-16(26)10-23-18/h9-10,12-13,15,21-22H,4-8,11H2,1-3H3,(H,28,29). The van der Waals surface area contributed by atoms with Crippen LogP contribution in [0, 0.1) is 5.92 Å². The highest BCUT2D eigenvalue weighted by molar-refractivity contribution is 5.78. The number of amides is 1. The SMILES string of the molecule is CC(C)(C)N(CC1CCC(NCc2c[nH]c3ncc4nncn4c23)CC1)C(=O)O. The molecule has 1 fully saturated rings. The number of fused-ring (bicyclic) bond motifs is 3. The van der Waals surface area contributed by atoms with Crippen LogP contribution < -0.4 is 5.32 Å². The lowest BCUT2D eigenvalue weighted by molar-refractivity contribution is 0.0812. The maximum absolute atomic E-state index is 11.6. The molecular weight excluding hydrogens is 370 g/mol. The summed E-state index contributed by atoms with van der Waals surface area (Å²) in [5.41, 5.74) is 3.35. The molecule has 0 radical (unpaired) electrons. The Morgan fingerprint density at radius 2 is 2.10 bits per heavy atom. The van der Waals surface area contributed by atoms with Crippen LogP contribution in [0.15, 0.2) is 18.7 Å². The lowest BCUT2D eigenvalue weighted by Gasteiger charge is -2.38. The summed E-state index contributed by atoms with van der Waals surface area (Å²) in [4.78, 5) is 20.8. The maximum atomic E-state index is 11.6. The first-order valence-corrected chi connectivity index (χ1v) is 10.2. The molecule has 0 atom stereocenters. The monoisotopic (exact) mass is 399 g/mol. The number of hydrogen-bond donors (Lipinski definition) is 3. The highest BCUT2D eigenvalue weighted by Gasteiger charge is 2.30. The molecule has 156 valence electrons. The Bertz CT molecular complexity index is 995. The zero-order valence-corrected chi connectivity index (χ0v) is 17.2. The van der Waals surface area contributed by atoms with Gasteiger partial charge in [0.1, 0.15) is 6.33 Å². The Balaban J connectivity index is 1.34. The van der Waals surface area contributed by atoms with Gasteiger partial charge in [0.25, 0.3) is 0 Å². The molecule has 3 N–H and O–H groups in total. The molecule has 1 aliphatic carbocycles. The molecule has 0 aromatic carbocycles. The second-order valence-corrected chi connectivity index (χ2v) is 8.99. The number of nitrogens with one attached hydrogen (secondary N) is 2. The number of aromatic amines is 1. The fourth-order valence-electron chi connectivity index (χ4n) is 4.27. The van der Waals surface area contributed by atoms with Crippen LogP contribution >= 0.6 is 0 Å². The van der Waals surface area contributed by atoms with Gasteiger partial charge in [-0.3, -0.25) is 4.40 Å². The van der Waals surface area contributed by atoms with Gasteiger partial charge in [0, 0.05) is 36.4 Å². The minimum absolute atomic E-state index is 0.363. The van der Waals surface area contributed by atoms with E-state index in [1.165, 1.54) is 0 Å². The summed E-state index contributed by atoms with van der Waals surface area (Å²) in [6.07, 6.45) is 8.80. The lowest BCUT2D eigenvalue weighted by atomic mass is 9.85. The van der Waals surface area contributed by atoms with Gasteiger partial charge < -0.3 is 20.3 Å². The van der Waals surface area contributed by atoms with Crippen LogP contribution in [0.25, 0.3) is 16.8 Å². The van der Waals surface area contributed by atoms with Gasteiger partial charge in [0.05, 0.1) is 11.7 Å². The van der Waals surface area contributed by atoms with Crippen molar-refractivity contribution in [3.8, 4) is 0 Å². The first-order chi connectivity index (χ1) is 13.8. The van der Waals surface area contributed by atoms with Crippen LogP contribution in [0.4, 0.5) is 4.79 Å². The van der Waals surface area contributed by atoms with Crippen molar-refractivity contribution >= 4 is 22.9 Å². The van der Waals surface area contributed by atoms with E-state index in [1.807, 2.05) is 31.4 Å². The van der Waals surface area contributed by atoms with Crippen molar-refractivity contribution < 1.29 is 9.90 Å². The number of nitrogens with zero attached hydrogens (tertiary/aromatic N) is 5. The molecule has 3 heterocycles. The van der Waals surface area contributed by atoms with Gasteiger partial charge in [-0.15, -0.1) is 10.2 Å². The largest absolute Gasteiger partial charge is 0.465 e. The van der Waals surface area contributed by atoms with Crippen LogP contribution in [0.5, 0.6) is 0 Å². The van der Waals surface area contributed by atoms with Gasteiger partial charge in [-0.1, -0.05) is 0 Å². The first-order valence-electron chi connectivity index (χ1n) is 10.2. The van der Waals surface area contributed by atoms with Gasteiger partial charge in [-0.2, -0.15) is 0 Å². The summed E-state index contributed by atoms with van der Waals surface area (Å²) < 4.78 is 1.96. The number of aromatic nitrogens is 5. The van der Waals surface area contributed by atoms with Gasteiger partial charge in [-0.05, 0) is 52.4 Å². The normalized spacial score (nSPS) is 20.4. The molecule has 0 bridgehead atoms. The molecule has 0 saturated heterocycles. The summed E-state index contributed by atoms with van der Waals surface area (Å²) in [6.45, 7) is 7.23. The zero-order chi connectivity index (χ0) is 20.6. The van der Waals surface area contributed by atoms with Crippen LogP contribution in [0.3, 0.4) is 0 Å². The van der Waals surface area contributed by atoms with Crippen molar-refractivity contribution in [2.24, 2.45) is 5.92 Å². The smallest absolute Gasteiger partial charge is 0.407 e. The van der Waals surface area contributed by atoms with E-state index in [2.05, 4.69) is 25.5 Å². The molecule has 0 aliphatic heterocycles. The summed E-state index contributed by atoms with van der Waals surface area (Å²) in [6, 6.07) is 0.442. The van der Waals surface area contributed by atoms with E-state index < -0.39 is 6.09 Å². The molecule has 9 heteroatoms. The molecule has 1 saturated carbocycles. The van der Waals surface area contributed by atoms with Gasteiger partial charge in [0.15, 0.2) is 11.3 Å². The van der Waals surface area contributed by atoms with E-state index in [-0.39, 0.29) is 5.54 Å². The van der Waals surface area contributed by atoms with E-state index in [0.717, 1.165) is 54.6 Å². The van der Waals surface area contributed by atoms with Gasteiger partial charge in [0.2, 0.25) is 0 Å². The predicted octanol–water partition coefficient (Wildman–Crippen LogP) is 3.03. The van der Waals surface area contributed by atoms with E-state index in [9.17, 15) is 9.90 Å². The third-order valence-electron chi connectivity index (χ3n) is 5.95. The topological polar surface area (TPSA) is 111 Å². The average Bonchev–Trinajstić information content (AvgIpc) is 3.30. The minimum atomic E-state index is -0.828. The predicted molar refractivity (Wildman–Crippen MR) is 110 cm³/mol. The average molecular weight is 399 g/mol. The Morgan fingerprint density at radius 1 is 1.34 bits per heavy atom. The molecule has 0 spiro atoms. The summed E-state index contributed by atoms with van der Waals surface area (Å²) >= 11 is 0. The summed E-state index contributed by atoms with van der Waals surface area (Å²) in [5.74, 6) is 0.428. The molecule has 3 aromatic rings. The Morgan fingerprint density at radius 3 is 2.79 bits per heavy atom. The second kappa shape index (κ2) is 7.62. The molecule has 4 rings (SSSR count). The summed E-state index contributed by atoms with van der Waals surface area (Å²) in [5, 5.41) is 21.2. The number of rotatable bonds is 5. The molecule has 3 aromatic heterocycles. The number of carbonyl (C=O) groups is 1. The van der Waals surface area contributed by atoms with Crippen LogP contribution in [0.1, 0.15) is 52.0 Å². The van der Waals surface area contributed by atoms with Crippen molar-refractivity contribution in [3.05, 3.63) is 24.3 Å². The maximum Gasteiger partial charge on any atom is 0.407 e. The Hall–Kier alpha value is -2.68. The quantitative estimate of drug-likeness (QED) is 0.608. The first kappa shape index (κ1) is 19.6. The van der Waals surface area contributed by atoms with Crippen molar-refractivity contribution in [2.75, 3.05) is 6.54 Å². The van der Waals surface area contributed by atoms with E-state index in [1.54, 1.807) is 17.4 Å². The van der Waals surface area contributed by atoms with Crippen LogP contribution in [-0.4, -0.2) is 58.8 Å². The minimum Gasteiger partial charge on any atom is -0.465 e. The van der Waals surface area contributed by atoms with E-state index >= 15 is 0 Å². The number of H-pyrrole nitrogens is 1. The molecule has 1 aliphatic rings. The Labute approximate surface area is 169 Å². The van der Waals surface area contributed by atoms with Gasteiger partial charge in [-0.25, -0.2) is 9.78 Å². The van der Waals surface area contributed by atoms with Crippen molar-refractivity contribution in [1.82, 2.24) is 34.8 Å². The van der Waals surface area contributed by atoms with Crippen molar-refractivity contribution in [2.45, 2.75) is 64.6 Å². The van der Waals surface area contributed by atoms with Crippen molar-refractivity contribution in [3.63, 3.8) is 0 Å². The summed E-state index contributed by atoms with van der Waals surface area (Å²) in [7, 11) is 0. The highest BCUT2D eigenvalue weighted by atomic mass is 16.4. The zero-order valence-electron chi connectivity index (χ0n) is 17.2. The van der Waals surface area contributed by atoms with E-state index in [0.29, 0.717) is 18.5 Å². The Kier molecular flexibility index (Phi) is 5.16. The molecular formula is C20H29N7O2. The third kappa shape index (κ3) is 4.05.